The Hall–Kier alpha value is -4.08. The molecule has 1 N–H and O–H groups in total. The zero-order valence-corrected chi connectivity index (χ0v) is 25.4. The number of unbranched alkanes of at least 4 members (excludes halogenated alkanes) is 2. The van der Waals surface area contributed by atoms with Gasteiger partial charge in [0.25, 0.3) is 5.91 Å². The van der Waals surface area contributed by atoms with E-state index in [1.54, 1.807) is 18.9 Å². The molecule has 10 heteroatoms. The van der Waals surface area contributed by atoms with E-state index in [1.165, 1.54) is 4.90 Å². The normalized spacial score (nSPS) is 13.4. The van der Waals surface area contributed by atoms with Crippen molar-refractivity contribution in [3.63, 3.8) is 0 Å². The van der Waals surface area contributed by atoms with Gasteiger partial charge in [0.2, 0.25) is 5.91 Å². The molecule has 0 bridgehead atoms. The van der Waals surface area contributed by atoms with Crippen molar-refractivity contribution >= 4 is 29.6 Å². The van der Waals surface area contributed by atoms with Crippen LogP contribution in [0.2, 0.25) is 0 Å². The van der Waals surface area contributed by atoms with Crippen LogP contribution in [-0.4, -0.2) is 67.7 Å². The SMILES string of the molecule is CCOC(=O)CCN1CC(=O)N(Cc2ccc(OC)cc2)c2ccc(CCCCCNC(=O)OC(C)(C)C)cc2C1=O. The molecule has 228 valence electrons. The molecule has 1 heterocycles. The smallest absolute Gasteiger partial charge is 0.407 e. The lowest BCUT2D eigenvalue weighted by Gasteiger charge is -2.23. The van der Waals surface area contributed by atoms with E-state index in [0.29, 0.717) is 30.1 Å². The average Bonchev–Trinajstić information content (AvgIpc) is 3.03. The zero-order chi connectivity index (χ0) is 30.7. The van der Waals surface area contributed by atoms with E-state index in [2.05, 4.69) is 5.32 Å². The van der Waals surface area contributed by atoms with Gasteiger partial charge in [0.05, 0.1) is 37.9 Å². The van der Waals surface area contributed by atoms with Crippen molar-refractivity contribution in [1.82, 2.24) is 10.2 Å². The summed E-state index contributed by atoms with van der Waals surface area (Å²) in [5.74, 6) is -0.213. The minimum Gasteiger partial charge on any atom is -0.497 e. The summed E-state index contributed by atoms with van der Waals surface area (Å²) in [7, 11) is 1.60. The number of fused-ring (bicyclic) bond motifs is 1. The van der Waals surface area contributed by atoms with E-state index in [0.717, 1.165) is 36.8 Å². The van der Waals surface area contributed by atoms with Crippen molar-refractivity contribution in [1.29, 1.82) is 0 Å². The number of nitrogens with one attached hydrogen (secondary N) is 1. The summed E-state index contributed by atoms with van der Waals surface area (Å²) in [4.78, 5) is 54.0. The molecular weight excluding hydrogens is 538 g/mol. The maximum absolute atomic E-state index is 13.7. The molecule has 0 aromatic heterocycles. The first-order valence-corrected chi connectivity index (χ1v) is 14.5. The molecular formula is C32H43N3O7. The number of esters is 1. The summed E-state index contributed by atoms with van der Waals surface area (Å²) >= 11 is 0. The molecule has 0 atom stereocenters. The third-order valence-corrected chi connectivity index (χ3v) is 6.70. The van der Waals surface area contributed by atoms with Crippen LogP contribution in [0.4, 0.5) is 10.5 Å². The maximum atomic E-state index is 13.7. The summed E-state index contributed by atoms with van der Waals surface area (Å²) in [5.41, 5.74) is 2.32. The maximum Gasteiger partial charge on any atom is 0.407 e. The van der Waals surface area contributed by atoms with Gasteiger partial charge in [-0.05, 0) is 82.3 Å². The van der Waals surface area contributed by atoms with Crippen LogP contribution in [0.25, 0.3) is 0 Å². The average molecular weight is 582 g/mol. The summed E-state index contributed by atoms with van der Waals surface area (Å²) in [6, 6.07) is 13.1. The van der Waals surface area contributed by atoms with Crippen molar-refractivity contribution in [3.8, 4) is 5.75 Å². The van der Waals surface area contributed by atoms with Crippen LogP contribution in [0, 0.1) is 0 Å². The van der Waals surface area contributed by atoms with Gasteiger partial charge >= 0.3 is 12.1 Å². The molecule has 42 heavy (non-hydrogen) atoms. The number of carbonyl (C=O) groups is 4. The number of rotatable bonds is 13. The van der Waals surface area contributed by atoms with Gasteiger partial charge in [-0.2, -0.15) is 0 Å². The standard InChI is InChI=1S/C32H43N3O7/c1-6-41-29(37)17-19-34-22-28(36)35(21-24-11-14-25(40-5)15-12-24)27-16-13-23(20-26(27)30(34)38)10-8-7-9-18-33-31(39)42-32(2,3)4/h11-16,20H,6-10,17-19,21-22H2,1-5H3,(H,33,39). The minimum atomic E-state index is -0.532. The second kappa shape index (κ2) is 15.2. The fourth-order valence-electron chi connectivity index (χ4n) is 4.63. The Bertz CT molecular complexity index is 1240. The number of alkyl carbamates (subject to hydrolysis) is 1. The van der Waals surface area contributed by atoms with Gasteiger partial charge in [-0.25, -0.2) is 4.79 Å². The number of carbonyl (C=O) groups excluding carboxylic acids is 4. The molecule has 0 saturated carbocycles. The molecule has 10 nitrogen and oxygen atoms in total. The summed E-state index contributed by atoms with van der Waals surface area (Å²) < 4.78 is 15.5. The molecule has 2 aromatic rings. The lowest BCUT2D eigenvalue weighted by atomic mass is 10.0. The lowest BCUT2D eigenvalue weighted by molar-refractivity contribution is -0.143. The number of ether oxygens (including phenoxy) is 3. The lowest BCUT2D eigenvalue weighted by Crippen LogP contribution is -2.40. The second-order valence-corrected chi connectivity index (χ2v) is 11.2. The molecule has 1 aliphatic rings. The predicted octanol–water partition coefficient (Wildman–Crippen LogP) is 4.87. The number of nitrogens with zero attached hydrogens (tertiary/aromatic N) is 2. The number of aryl methyl sites for hydroxylation is 1. The molecule has 0 unspecified atom stereocenters. The van der Waals surface area contributed by atoms with Crippen molar-refractivity contribution in [2.24, 2.45) is 0 Å². The Morgan fingerprint density at radius 1 is 0.976 bits per heavy atom. The molecule has 0 spiro atoms. The molecule has 0 saturated heterocycles. The number of anilines is 1. The van der Waals surface area contributed by atoms with Gasteiger partial charge in [-0.15, -0.1) is 0 Å². The Morgan fingerprint density at radius 2 is 1.69 bits per heavy atom. The van der Waals surface area contributed by atoms with E-state index in [-0.39, 0.29) is 37.9 Å². The van der Waals surface area contributed by atoms with E-state index in [1.807, 2.05) is 63.2 Å². The molecule has 0 aliphatic carbocycles. The van der Waals surface area contributed by atoms with Gasteiger partial charge in [0.15, 0.2) is 0 Å². The number of hydrogen-bond acceptors (Lipinski definition) is 7. The fourth-order valence-corrected chi connectivity index (χ4v) is 4.63. The van der Waals surface area contributed by atoms with Crippen LogP contribution >= 0.6 is 0 Å². The van der Waals surface area contributed by atoms with Crippen LogP contribution in [0.1, 0.15) is 74.9 Å². The van der Waals surface area contributed by atoms with Crippen LogP contribution < -0.4 is 15.0 Å². The highest BCUT2D eigenvalue weighted by atomic mass is 16.6. The molecule has 1 aliphatic heterocycles. The largest absolute Gasteiger partial charge is 0.497 e. The van der Waals surface area contributed by atoms with Crippen LogP contribution in [0.3, 0.4) is 0 Å². The first-order chi connectivity index (χ1) is 20.0. The number of benzene rings is 2. The summed E-state index contributed by atoms with van der Waals surface area (Å²) in [6.45, 7) is 8.23. The molecule has 3 rings (SSSR count). The van der Waals surface area contributed by atoms with E-state index >= 15 is 0 Å². The third-order valence-electron chi connectivity index (χ3n) is 6.70. The monoisotopic (exact) mass is 581 g/mol. The number of amides is 3. The predicted molar refractivity (Wildman–Crippen MR) is 160 cm³/mol. The summed E-state index contributed by atoms with van der Waals surface area (Å²) in [6.07, 6.45) is 2.88. The first kappa shape index (κ1) is 32.4. The van der Waals surface area contributed by atoms with Crippen LogP contribution in [0.5, 0.6) is 5.75 Å². The van der Waals surface area contributed by atoms with Gasteiger partial charge < -0.3 is 29.3 Å². The van der Waals surface area contributed by atoms with Crippen molar-refractivity contribution in [2.45, 2.75) is 71.9 Å². The summed E-state index contributed by atoms with van der Waals surface area (Å²) in [5, 5.41) is 2.77. The van der Waals surface area contributed by atoms with Crippen molar-refractivity contribution in [3.05, 3.63) is 59.2 Å². The third kappa shape index (κ3) is 9.78. The van der Waals surface area contributed by atoms with Crippen molar-refractivity contribution < 1.29 is 33.4 Å². The minimum absolute atomic E-state index is 0.0116. The fraction of sp³-hybridized carbons (Fsp3) is 0.500. The van der Waals surface area contributed by atoms with Gasteiger partial charge in [-0.3, -0.25) is 14.4 Å². The van der Waals surface area contributed by atoms with Gasteiger partial charge in [0.1, 0.15) is 17.9 Å². The number of hydrogen-bond donors (Lipinski definition) is 1. The zero-order valence-electron chi connectivity index (χ0n) is 25.4. The highest BCUT2D eigenvalue weighted by Gasteiger charge is 2.32. The van der Waals surface area contributed by atoms with E-state index in [4.69, 9.17) is 14.2 Å². The van der Waals surface area contributed by atoms with Crippen LogP contribution in [0.15, 0.2) is 42.5 Å². The molecule has 0 radical (unpaired) electrons. The number of methoxy groups -OCH3 is 1. The Balaban J connectivity index is 1.72. The molecule has 3 amide bonds. The quantitative estimate of drug-likeness (QED) is 0.265. The van der Waals surface area contributed by atoms with Gasteiger partial charge in [0, 0.05) is 13.1 Å². The first-order valence-electron chi connectivity index (χ1n) is 14.5. The van der Waals surface area contributed by atoms with Crippen LogP contribution in [-0.2, 0) is 32.0 Å². The molecule has 0 fully saturated rings. The highest BCUT2D eigenvalue weighted by molar-refractivity contribution is 6.09. The highest BCUT2D eigenvalue weighted by Crippen LogP contribution is 2.29. The van der Waals surface area contributed by atoms with E-state index in [9.17, 15) is 19.2 Å². The Labute approximate surface area is 248 Å². The topological polar surface area (TPSA) is 114 Å². The Kier molecular flexibility index (Phi) is 11.8. The molecule has 2 aromatic carbocycles. The van der Waals surface area contributed by atoms with E-state index < -0.39 is 17.7 Å². The van der Waals surface area contributed by atoms with Crippen molar-refractivity contribution in [2.75, 3.05) is 38.3 Å². The van der Waals surface area contributed by atoms with Gasteiger partial charge in [-0.1, -0.05) is 24.6 Å². The second-order valence-electron chi connectivity index (χ2n) is 11.2. The Morgan fingerprint density at radius 3 is 2.36 bits per heavy atom.